The molecule has 6 nitrogen and oxygen atoms in total. The molecule has 0 aliphatic heterocycles. The van der Waals surface area contributed by atoms with E-state index >= 15 is 0 Å². The molecule has 0 unspecified atom stereocenters. The highest BCUT2D eigenvalue weighted by Crippen LogP contribution is 2.39. The summed E-state index contributed by atoms with van der Waals surface area (Å²) in [6, 6.07) is 17.2. The van der Waals surface area contributed by atoms with Crippen LogP contribution in [0.25, 0.3) is 22.0 Å². The van der Waals surface area contributed by atoms with Crippen LogP contribution in [0.4, 0.5) is 5.00 Å². The number of carbonyl (C=O) groups excluding carboxylic acids is 2. The lowest BCUT2D eigenvalue weighted by Crippen LogP contribution is -2.20. The van der Waals surface area contributed by atoms with Gasteiger partial charge in [-0.05, 0) is 36.8 Å². The quantitative estimate of drug-likeness (QED) is 0.485. The normalized spacial score (nSPS) is 10.9. The van der Waals surface area contributed by atoms with Crippen molar-refractivity contribution in [2.45, 2.75) is 13.5 Å². The molecule has 4 aromatic rings. The largest absolute Gasteiger partial charge is 0.497 e. The zero-order chi connectivity index (χ0) is 21.3. The van der Waals surface area contributed by atoms with E-state index in [0.717, 1.165) is 32.7 Å². The number of hydrogen-bond acceptors (Lipinski definition) is 4. The Labute approximate surface area is 177 Å². The number of methoxy groups -OCH3 is 1. The number of aromatic nitrogens is 1. The first-order chi connectivity index (χ1) is 14.5. The van der Waals surface area contributed by atoms with Crippen molar-refractivity contribution in [1.29, 1.82) is 0 Å². The van der Waals surface area contributed by atoms with Crippen LogP contribution in [0.2, 0.25) is 0 Å². The molecular weight excluding hydrogens is 398 g/mol. The van der Waals surface area contributed by atoms with E-state index in [0.29, 0.717) is 10.6 Å². The van der Waals surface area contributed by atoms with Gasteiger partial charge in [0.2, 0.25) is 5.91 Å². The van der Waals surface area contributed by atoms with Crippen LogP contribution in [0, 0.1) is 6.92 Å². The fourth-order valence-electron chi connectivity index (χ4n) is 3.58. The second-order valence-electron chi connectivity index (χ2n) is 6.88. The van der Waals surface area contributed by atoms with Crippen molar-refractivity contribution < 1.29 is 14.3 Å². The number of carbonyl (C=O) groups is 2. The Hall–Kier alpha value is -3.58. The van der Waals surface area contributed by atoms with E-state index in [9.17, 15) is 9.59 Å². The SMILES string of the molecule is COc1ccc2c(ccn2CC(=O)Nc2sc(C)c(-c3ccccc3)c2C(N)=O)c1. The molecule has 2 amide bonds. The third-order valence-corrected chi connectivity index (χ3v) is 5.96. The van der Waals surface area contributed by atoms with Gasteiger partial charge in [-0.2, -0.15) is 0 Å². The van der Waals surface area contributed by atoms with Gasteiger partial charge in [0.05, 0.1) is 12.7 Å². The van der Waals surface area contributed by atoms with Crippen LogP contribution in [0.15, 0.2) is 60.8 Å². The van der Waals surface area contributed by atoms with Crippen molar-refractivity contribution >= 4 is 39.1 Å². The number of anilines is 1. The minimum atomic E-state index is -0.563. The predicted octanol–water partition coefficient (Wildman–Crippen LogP) is 4.42. The van der Waals surface area contributed by atoms with E-state index in [-0.39, 0.29) is 12.5 Å². The van der Waals surface area contributed by atoms with Gasteiger partial charge in [-0.1, -0.05) is 30.3 Å². The van der Waals surface area contributed by atoms with E-state index in [1.165, 1.54) is 11.3 Å². The minimum absolute atomic E-state index is 0.117. The topological polar surface area (TPSA) is 86.3 Å². The molecule has 0 spiro atoms. The Morgan fingerprint density at radius 1 is 1.13 bits per heavy atom. The van der Waals surface area contributed by atoms with Crippen molar-refractivity contribution in [3.63, 3.8) is 0 Å². The number of fused-ring (bicyclic) bond motifs is 1. The van der Waals surface area contributed by atoms with E-state index in [2.05, 4.69) is 5.32 Å². The summed E-state index contributed by atoms with van der Waals surface area (Å²) in [7, 11) is 1.62. The lowest BCUT2D eigenvalue weighted by molar-refractivity contribution is -0.116. The van der Waals surface area contributed by atoms with Crippen molar-refractivity contribution in [1.82, 2.24) is 4.57 Å². The maximum Gasteiger partial charge on any atom is 0.252 e. The number of amides is 2. The van der Waals surface area contributed by atoms with Gasteiger partial charge in [0.25, 0.3) is 5.91 Å². The smallest absolute Gasteiger partial charge is 0.252 e. The van der Waals surface area contributed by atoms with Crippen LogP contribution in [0.5, 0.6) is 5.75 Å². The van der Waals surface area contributed by atoms with Crippen LogP contribution < -0.4 is 15.8 Å². The molecule has 0 aliphatic rings. The number of primary amides is 1. The van der Waals surface area contributed by atoms with Crippen molar-refractivity contribution in [2.75, 3.05) is 12.4 Å². The Morgan fingerprint density at radius 3 is 2.60 bits per heavy atom. The maximum atomic E-state index is 12.8. The number of nitrogens with one attached hydrogen (secondary N) is 1. The number of hydrogen-bond donors (Lipinski definition) is 2. The summed E-state index contributed by atoms with van der Waals surface area (Å²) in [4.78, 5) is 25.9. The van der Waals surface area contributed by atoms with E-state index in [4.69, 9.17) is 10.5 Å². The molecule has 30 heavy (non-hydrogen) atoms. The van der Waals surface area contributed by atoms with Crippen molar-refractivity contribution in [3.8, 4) is 16.9 Å². The summed E-state index contributed by atoms with van der Waals surface area (Å²) >= 11 is 1.36. The summed E-state index contributed by atoms with van der Waals surface area (Å²) in [5.74, 6) is -0.0306. The molecule has 0 radical (unpaired) electrons. The highest BCUT2D eigenvalue weighted by Gasteiger charge is 2.22. The predicted molar refractivity (Wildman–Crippen MR) is 120 cm³/mol. The van der Waals surface area contributed by atoms with Gasteiger partial charge in [0, 0.05) is 27.5 Å². The number of nitrogens with two attached hydrogens (primary N) is 1. The monoisotopic (exact) mass is 419 g/mol. The highest BCUT2D eigenvalue weighted by molar-refractivity contribution is 7.17. The molecule has 3 N–H and O–H groups in total. The van der Waals surface area contributed by atoms with Gasteiger partial charge in [-0.25, -0.2) is 0 Å². The van der Waals surface area contributed by atoms with Gasteiger partial charge < -0.3 is 20.4 Å². The average molecular weight is 420 g/mol. The molecule has 152 valence electrons. The Kier molecular flexibility index (Phi) is 5.29. The number of nitrogens with zero attached hydrogens (tertiary/aromatic N) is 1. The molecule has 0 aliphatic carbocycles. The Bertz CT molecular complexity index is 1240. The number of ether oxygens (including phenoxy) is 1. The molecule has 7 heteroatoms. The fraction of sp³-hybridized carbons (Fsp3) is 0.130. The van der Waals surface area contributed by atoms with Crippen LogP contribution in [0.1, 0.15) is 15.2 Å². The van der Waals surface area contributed by atoms with Gasteiger partial charge in [-0.3, -0.25) is 9.59 Å². The molecule has 0 fully saturated rings. The standard InChI is InChI=1S/C23H21N3O3S/c1-14-20(15-6-4-3-5-7-15)21(22(24)28)23(30-14)25-19(27)13-26-11-10-16-12-17(29-2)8-9-18(16)26/h3-12H,13H2,1-2H3,(H2,24,28)(H,25,27). The second kappa shape index (κ2) is 8.04. The minimum Gasteiger partial charge on any atom is -0.497 e. The number of aryl methyl sites for hydroxylation is 1. The molecule has 2 aromatic heterocycles. The molecular formula is C23H21N3O3S. The molecule has 0 bridgehead atoms. The van der Waals surface area contributed by atoms with Crippen molar-refractivity contribution in [2.24, 2.45) is 5.73 Å². The summed E-state index contributed by atoms with van der Waals surface area (Å²) in [6.07, 6.45) is 1.85. The summed E-state index contributed by atoms with van der Waals surface area (Å²) in [5.41, 5.74) is 8.61. The third-order valence-electron chi connectivity index (χ3n) is 4.94. The summed E-state index contributed by atoms with van der Waals surface area (Å²) in [5, 5.41) is 4.34. The summed E-state index contributed by atoms with van der Waals surface area (Å²) in [6.45, 7) is 2.04. The molecule has 0 saturated carbocycles. The lowest BCUT2D eigenvalue weighted by Gasteiger charge is -2.09. The molecule has 2 heterocycles. The van der Waals surface area contributed by atoms with Gasteiger partial charge >= 0.3 is 0 Å². The Balaban J connectivity index is 1.62. The first-order valence-corrected chi connectivity index (χ1v) is 10.2. The zero-order valence-corrected chi connectivity index (χ0v) is 17.5. The molecule has 0 saturated heterocycles. The molecule has 2 aromatic carbocycles. The number of rotatable bonds is 6. The van der Waals surface area contributed by atoms with Crippen LogP contribution in [-0.2, 0) is 11.3 Å². The highest BCUT2D eigenvalue weighted by atomic mass is 32.1. The fourth-order valence-corrected chi connectivity index (χ4v) is 4.68. The summed E-state index contributed by atoms with van der Waals surface area (Å²) < 4.78 is 7.10. The molecule has 0 atom stereocenters. The second-order valence-corrected chi connectivity index (χ2v) is 8.11. The van der Waals surface area contributed by atoms with Crippen LogP contribution >= 0.6 is 11.3 Å². The average Bonchev–Trinajstić information content (AvgIpc) is 3.28. The van der Waals surface area contributed by atoms with Crippen LogP contribution in [0.3, 0.4) is 0 Å². The van der Waals surface area contributed by atoms with Crippen molar-refractivity contribution in [3.05, 3.63) is 71.2 Å². The number of thiophene rings is 1. The Morgan fingerprint density at radius 2 is 1.90 bits per heavy atom. The van der Waals surface area contributed by atoms with Crippen LogP contribution in [-0.4, -0.2) is 23.5 Å². The number of benzene rings is 2. The van der Waals surface area contributed by atoms with Gasteiger partial charge in [-0.15, -0.1) is 11.3 Å². The zero-order valence-electron chi connectivity index (χ0n) is 16.6. The third kappa shape index (κ3) is 3.67. The first-order valence-electron chi connectivity index (χ1n) is 9.39. The van der Waals surface area contributed by atoms with Gasteiger partial charge in [0.15, 0.2) is 0 Å². The lowest BCUT2D eigenvalue weighted by atomic mass is 10.0. The van der Waals surface area contributed by atoms with E-state index in [1.807, 2.05) is 72.3 Å². The first kappa shape index (κ1) is 19.7. The van der Waals surface area contributed by atoms with E-state index < -0.39 is 5.91 Å². The maximum absolute atomic E-state index is 12.8. The van der Waals surface area contributed by atoms with E-state index in [1.54, 1.807) is 7.11 Å². The van der Waals surface area contributed by atoms with Gasteiger partial charge in [0.1, 0.15) is 17.3 Å². The molecule has 4 rings (SSSR count).